The van der Waals surface area contributed by atoms with Gasteiger partial charge in [0.2, 0.25) is 17.7 Å². The topological polar surface area (TPSA) is 117 Å². The van der Waals surface area contributed by atoms with Crippen molar-refractivity contribution in [2.75, 3.05) is 13.6 Å². The Morgan fingerprint density at radius 2 is 2.06 bits per heavy atom. The highest BCUT2D eigenvalue weighted by molar-refractivity contribution is 5.93. The van der Waals surface area contributed by atoms with Gasteiger partial charge in [-0.2, -0.15) is 0 Å². The van der Waals surface area contributed by atoms with E-state index in [1.54, 1.807) is 14.0 Å². The number of terminal acetylenes is 1. The number of carbonyl (C=O) groups excluding carboxylic acids is 3. The highest BCUT2D eigenvalue weighted by Crippen LogP contribution is 2.30. The molecule has 32 heavy (non-hydrogen) atoms. The van der Waals surface area contributed by atoms with E-state index in [-0.39, 0.29) is 42.8 Å². The summed E-state index contributed by atoms with van der Waals surface area (Å²) in [5, 5.41) is 8.68. The van der Waals surface area contributed by atoms with E-state index in [1.807, 2.05) is 18.2 Å². The van der Waals surface area contributed by atoms with Crippen LogP contribution in [0.15, 0.2) is 24.3 Å². The zero-order valence-corrected chi connectivity index (χ0v) is 18.8. The number of fused-ring (bicyclic) bond motifs is 1. The number of likely N-dealkylation sites (N-methyl/N-ethyl adjacent to an activating group) is 1. The largest absolute Gasteiger partial charge is 0.347 e. The molecule has 1 aliphatic heterocycles. The van der Waals surface area contributed by atoms with Crippen LogP contribution in [0.5, 0.6) is 0 Å². The molecule has 8 nitrogen and oxygen atoms in total. The van der Waals surface area contributed by atoms with E-state index >= 15 is 0 Å². The molecule has 2 aliphatic rings. The standard InChI is InChI=1S/C24H33N5O3/c1-4-8-20(28-22(30)15(2)26-3)24(32)29-14-17(25)13-21(29)23(31)27-19-12-7-10-16-9-5-6-11-18(16)19/h1,5-6,9,11,15,17,19-21,26H,7-8,10,12-14,25H2,2-3H3,(H,27,31)(H,28,30)/t15-,17-,19+,20-,21-/m0/s1. The van der Waals surface area contributed by atoms with Gasteiger partial charge >= 0.3 is 0 Å². The maximum absolute atomic E-state index is 13.3. The third-order valence-corrected chi connectivity index (χ3v) is 6.37. The minimum absolute atomic E-state index is 0.0388. The van der Waals surface area contributed by atoms with Crippen LogP contribution in [0.3, 0.4) is 0 Å². The van der Waals surface area contributed by atoms with E-state index in [0.717, 1.165) is 24.8 Å². The highest BCUT2D eigenvalue weighted by Gasteiger charge is 2.41. The Bertz CT molecular complexity index is 896. The van der Waals surface area contributed by atoms with Gasteiger partial charge in [0.15, 0.2) is 0 Å². The van der Waals surface area contributed by atoms with Crippen molar-refractivity contribution in [2.45, 2.75) is 69.2 Å². The summed E-state index contributed by atoms with van der Waals surface area (Å²) in [4.78, 5) is 40.3. The molecule has 1 aromatic rings. The van der Waals surface area contributed by atoms with E-state index in [1.165, 1.54) is 10.5 Å². The first-order valence-electron chi connectivity index (χ1n) is 11.2. The van der Waals surface area contributed by atoms with Gasteiger partial charge < -0.3 is 26.6 Å². The van der Waals surface area contributed by atoms with Gasteiger partial charge in [0.05, 0.1) is 12.1 Å². The van der Waals surface area contributed by atoms with Crippen LogP contribution in [0.1, 0.15) is 49.8 Å². The lowest BCUT2D eigenvalue weighted by Crippen LogP contribution is -2.55. The van der Waals surface area contributed by atoms with Crippen molar-refractivity contribution in [1.29, 1.82) is 0 Å². The smallest absolute Gasteiger partial charge is 0.246 e. The number of nitrogens with one attached hydrogen (secondary N) is 3. The van der Waals surface area contributed by atoms with E-state index in [2.05, 4.69) is 27.9 Å². The number of benzene rings is 1. The van der Waals surface area contributed by atoms with Crippen molar-refractivity contribution in [2.24, 2.45) is 5.73 Å². The number of hydrogen-bond acceptors (Lipinski definition) is 5. The van der Waals surface area contributed by atoms with Crippen LogP contribution in [0, 0.1) is 12.3 Å². The minimum atomic E-state index is -0.903. The summed E-state index contributed by atoms with van der Waals surface area (Å²) in [6.07, 6.45) is 8.71. The highest BCUT2D eigenvalue weighted by atomic mass is 16.2. The Balaban J connectivity index is 1.73. The molecule has 172 valence electrons. The van der Waals surface area contributed by atoms with Gasteiger partial charge in [-0.1, -0.05) is 24.3 Å². The fraction of sp³-hybridized carbons (Fsp3) is 0.542. The van der Waals surface area contributed by atoms with Crippen molar-refractivity contribution >= 4 is 17.7 Å². The lowest BCUT2D eigenvalue weighted by Gasteiger charge is -2.31. The van der Waals surface area contributed by atoms with Crippen LogP contribution < -0.4 is 21.7 Å². The molecule has 0 saturated carbocycles. The predicted octanol–water partition coefficient (Wildman–Crippen LogP) is 0.224. The van der Waals surface area contributed by atoms with Gasteiger partial charge in [0.25, 0.3) is 0 Å². The van der Waals surface area contributed by atoms with Gasteiger partial charge in [0.1, 0.15) is 12.1 Å². The number of likely N-dealkylation sites (tertiary alicyclic amines) is 1. The molecule has 1 fully saturated rings. The monoisotopic (exact) mass is 439 g/mol. The number of nitrogens with two attached hydrogens (primary N) is 1. The van der Waals surface area contributed by atoms with Gasteiger partial charge in [0, 0.05) is 19.0 Å². The van der Waals surface area contributed by atoms with Crippen molar-refractivity contribution in [3.05, 3.63) is 35.4 Å². The maximum Gasteiger partial charge on any atom is 0.246 e. The quantitative estimate of drug-likeness (QED) is 0.454. The number of aryl methyl sites for hydroxylation is 1. The summed E-state index contributed by atoms with van der Waals surface area (Å²) in [6.45, 7) is 1.94. The lowest BCUT2D eigenvalue weighted by atomic mass is 9.87. The molecule has 1 heterocycles. The van der Waals surface area contributed by atoms with Crippen LogP contribution in [0.4, 0.5) is 0 Å². The molecular formula is C24H33N5O3. The normalized spacial score (nSPS) is 24.1. The molecule has 0 aromatic heterocycles. The molecule has 1 aromatic carbocycles. The van der Waals surface area contributed by atoms with Crippen molar-refractivity contribution in [3.8, 4) is 12.3 Å². The van der Waals surface area contributed by atoms with Crippen molar-refractivity contribution in [1.82, 2.24) is 20.9 Å². The molecular weight excluding hydrogens is 406 g/mol. The number of rotatable bonds is 7. The summed E-state index contributed by atoms with van der Waals surface area (Å²) < 4.78 is 0. The SMILES string of the molecule is C#CC[C@H](NC(=O)[C@H](C)NC)C(=O)N1C[C@@H](N)C[C@H]1C(=O)N[C@@H]1CCCc2ccccc21. The molecule has 5 N–H and O–H groups in total. The molecule has 1 aliphatic carbocycles. The fourth-order valence-electron chi connectivity index (χ4n) is 4.48. The Morgan fingerprint density at radius 1 is 1.31 bits per heavy atom. The van der Waals surface area contributed by atoms with E-state index in [0.29, 0.717) is 6.42 Å². The predicted molar refractivity (Wildman–Crippen MR) is 122 cm³/mol. The van der Waals surface area contributed by atoms with Crippen molar-refractivity contribution < 1.29 is 14.4 Å². The van der Waals surface area contributed by atoms with Crippen LogP contribution in [0.2, 0.25) is 0 Å². The minimum Gasteiger partial charge on any atom is -0.347 e. The number of hydrogen-bond donors (Lipinski definition) is 4. The Kier molecular flexibility index (Phi) is 7.89. The third-order valence-electron chi connectivity index (χ3n) is 6.37. The van der Waals surface area contributed by atoms with E-state index in [4.69, 9.17) is 12.2 Å². The molecule has 0 radical (unpaired) electrons. The summed E-state index contributed by atoms with van der Waals surface area (Å²) in [6, 6.07) is 5.65. The van der Waals surface area contributed by atoms with Gasteiger partial charge in [-0.3, -0.25) is 14.4 Å². The molecule has 0 unspecified atom stereocenters. The summed E-state index contributed by atoms with van der Waals surface area (Å²) in [7, 11) is 1.66. The second-order valence-electron chi connectivity index (χ2n) is 8.63. The van der Waals surface area contributed by atoms with Crippen LogP contribution in [-0.2, 0) is 20.8 Å². The van der Waals surface area contributed by atoms with Crippen LogP contribution in [0.25, 0.3) is 0 Å². The molecule has 3 rings (SSSR count). The van der Waals surface area contributed by atoms with Gasteiger partial charge in [-0.05, 0) is 50.8 Å². The zero-order valence-electron chi connectivity index (χ0n) is 18.8. The summed E-state index contributed by atoms with van der Waals surface area (Å²) in [5.41, 5.74) is 8.51. The fourth-order valence-corrected chi connectivity index (χ4v) is 4.48. The van der Waals surface area contributed by atoms with Gasteiger partial charge in [-0.15, -0.1) is 12.3 Å². The number of carbonyl (C=O) groups is 3. The average molecular weight is 440 g/mol. The maximum atomic E-state index is 13.3. The van der Waals surface area contributed by atoms with E-state index < -0.39 is 18.1 Å². The Morgan fingerprint density at radius 3 is 2.78 bits per heavy atom. The van der Waals surface area contributed by atoms with Crippen molar-refractivity contribution in [3.63, 3.8) is 0 Å². The Hall–Kier alpha value is -2.89. The first-order valence-corrected chi connectivity index (χ1v) is 11.2. The molecule has 8 heteroatoms. The number of amides is 3. The van der Waals surface area contributed by atoms with Crippen LogP contribution >= 0.6 is 0 Å². The Labute approximate surface area is 189 Å². The second kappa shape index (κ2) is 10.6. The molecule has 0 bridgehead atoms. The second-order valence-corrected chi connectivity index (χ2v) is 8.63. The molecule has 0 spiro atoms. The first kappa shape index (κ1) is 23.8. The zero-order chi connectivity index (χ0) is 23.3. The lowest BCUT2D eigenvalue weighted by molar-refractivity contribution is -0.141. The molecule has 1 saturated heterocycles. The summed E-state index contributed by atoms with van der Waals surface area (Å²) >= 11 is 0. The average Bonchev–Trinajstić information content (AvgIpc) is 3.19. The van der Waals surface area contributed by atoms with Gasteiger partial charge in [-0.25, -0.2) is 0 Å². The van der Waals surface area contributed by atoms with Crippen LogP contribution in [-0.4, -0.2) is 60.4 Å². The van der Waals surface area contributed by atoms with E-state index in [9.17, 15) is 14.4 Å². The third kappa shape index (κ3) is 5.29. The first-order chi connectivity index (χ1) is 15.3. The molecule has 3 amide bonds. The molecule has 5 atom stereocenters. The summed E-state index contributed by atoms with van der Waals surface area (Å²) in [5.74, 6) is 1.52. The number of nitrogens with zero attached hydrogens (tertiary/aromatic N) is 1.